The minimum atomic E-state index is -0.407. The number of benzene rings is 2. The zero-order valence-electron chi connectivity index (χ0n) is 11.8. The van der Waals surface area contributed by atoms with Gasteiger partial charge < -0.3 is 10.1 Å². The van der Waals surface area contributed by atoms with Gasteiger partial charge in [0.2, 0.25) is 0 Å². The van der Waals surface area contributed by atoms with Crippen LogP contribution in [-0.2, 0) is 6.42 Å². The van der Waals surface area contributed by atoms with E-state index in [2.05, 4.69) is 21.2 Å². The molecule has 1 N–H and O–H groups in total. The Bertz CT molecular complexity index is 636. The molecular formula is C16H16BrClFNO. The lowest BCUT2D eigenvalue weighted by atomic mass is 9.98. The van der Waals surface area contributed by atoms with E-state index >= 15 is 0 Å². The Balaban J connectivity index is 2.35. The van der Waals surface area contributed by atoms with E-state index in [1.165, 1.54) is 6.07 Å². The van der Waals surface area contributed by atoms with E-state index in [9.17, 15) is 4.39 Å². The number of methoxy groups -OCH3 is 1. The van der Waals surface area contributed by atoms with Gasteiger partial charge in [-0.25, -0.2) is 4.39 Å². The summed E-state index contributed by atoms with van der Waals surface area (Å²) in [6.45, 7) is 0. The molecule has 0 saturated heterocycles. The van der Waals surface area contributed by atoms with Crippen LogP contribution < -0.4 is 10.1 Å². The van der Waals surface area contributed by atoms with Crippen molar-refractivity contribution in [3.63, 3.8) is 0 Å². The molecule has 2 nitrogen and oxygen atoms in total. The number of likely N-dealkylation sites (N-methyl/N-ethyl adjacent to an activating group) is 1. The summed E-state index contributed by atoms with van der Waals surface area (Å²) in [5.74, 6) is 0.390. The van der Waals surface area contributed by atoms with E-state index in [4.69, 9.17) is 16.3 Å². The molecule has 0 amide bonds. The maximum absolute atomic E-state index is 13.6. The molecule has 0 aliphatic rings. The molecule has 5 heteroatoms. The second-order valence-corrected chi connectivity index (χ2v) is 5.94. The van der Waals surface area contributed by atoms with Crippen molar-refractivity contribution in [2.45, 2.75) is 12.5 Å². The standard InChI is InChI=1S/C16H16BrClFNO/c1-20-14(12-4-3-5-13(19)16(12)18)9-10-8-11(17)6-7-15(10)21-2/h3-8,14,20H,9H2,1-2H3. The number of nitrogens with one attached hydrogen (secondary N) is 1. The molecule has 1 unspecified atom stereocenters. The van der Waals surface area contributed by atoms with Gasteiger partial charge in [-0.15, -0.1) is 0 Å². The topological polar surface area (TPSA) is 21.3 Å². The number of hydrogen-bond donors (Lipinski definition) is 1. The largest absolute Gasteiger partial charge is 0.496 e. The molecule has 0 aromatic heterocycles. The Hall–Kier alpha value is -1.10. The van der Waals surface area contributed by atoms with Crippen LogP contribution >= 0.6 is 27.5 Å². The van der Waals surface area contributed by atoms with Crippen molar-refractivity contribution >= 4 is 27.5 Å². The molecule has 21 heavy (non-hydrogen) atoms. The van der Waals surface area contributed by atoms with Crippen molar-refractivity contribution in [2.24, 2.45) is 0 Å². The summed E-state index contributed by atoms with van der Waals surface area (Å²) < 4.78 is 20.0. The van der Waals surface area contributed by atoms with Gasteiger partial charge in [-0.05, 0) is 48.9 Å². The summed E-state index contributed by atoms with van der Waals surface area (Å²) in [7, 11) is 3.46. The molecule has 0 spiro atoms. The first-order valence-electron chi connectivity index (χ1n) is 6.50. The normalized spacial score (nSPS) is 12.2. The van der Waals surface area contributed by atoms with Crippen LogP contribution in [0.5, 0.6) is 5.75 Å². The average Bonchev–Trinajstić information content (AvgIpc) is 2.48. The third kappa shape index (κ3) is 3.76. The van der Waals surface area contributed by atoms with Crippen LogP contribution in [0.4, 0.5) is 4.39 Å². The first-order valence-corrected chi connectivity index (χ1v) is 7.67. The first-order chi connectivity index (χ1) is 10.1. The third-order valence-corrected chi connectivity index (χ3v) is 4.26. The SMILES string of the molecule is CNC(Cc1cc(Br)ccc1OC)c1cccc(F)c1Cl. The van der Waals surface area contributed by atoms with Crippen LogP contribution in [0.15, 0.2) is 40.9 Å². The monoisotopic (exact) mass is 371 g/mol. The van der Waals surface area contributed by atoms with Crippen molar-refractivity contribution in [1.82, 2.24) is 5.32 Å². The third-order valence-electron chi connectivity index (χ3n) is 3.37. The predicted molar refractivity (Wildman–Crippen MR) is 87.6 cm³/mol. The predicted octanol–water partition coefficient (Wildman–Crippen LogP) is 4.75. The fraction of sp³-hybridized carbons (Fsp3) is 0.250. The molecule has 0 saturated carbocycles. The molecule has 0 fully saturated rings. The van der Waals surface area contributed by atoms with Crippen LogP contribution in [-0.4, -0.2) is 14.2 Å². The molecule has 1 atom stereocenters. The highest BCUT2D eigenvalue weighted by Crippen LogP contribution is 2.31. The van der Waals surface area contributed by atoms with Gasteiger partial charge in [0, 0.05) is 10.5 Å². The molecule has 0 bridgehead atoms. The maximum Gasteiger partial charge on any atom is 0.142 e. The molecule has 2 aromatic rings. The quantitative estimate of drug-likeness (QED) is 0.817. The fourth-order valence-corrected chi connectivity index (χ4v) is 2.95. The van der Waals surface area contributed by atoms with Crippen LogP contribution in [0.1, 0.15) is 17.2 Å². The highest BCUT2D eigenvalue weighted by atomic mass is 79.9. The Morgan fingerprint density at radius 1 is 1.33 bits per heavy atom. The lowest BCUT2D eigenvalue weighted by Gasteiger charge is -2.20. The van der Waals surface area contributed by atoms with Gasteiger partial charge in [0.05, 0.1) is 12.1 Å². The summed E-state index contributed by atoms with van der Waals surface area (Å²) in [6, 6.07) is 10.6. The smallest absolute Gasteiger partial charge is 0.142 e. The molecule has 2 rings (SSSR count). The fourth-order valence-electron chi connectivity index (χ4n) is 2.28. The number of hydrogen-bond acceptors (Lipinski definition) is 2. The Morgan fingerprint density at radius 2 is 2.10 bits per heavy atom. The molecule has 0 radical (unpaired) electrons. The van der Waals surface area contributed by atoms with Gasteiger partial charge in [0.25, 0.3) is 0 Å². The molecule has 0 aliphatic heterocycles. The van der Waals surface area contributed by atoms with Gasteiger partial charge >= 0.3 is 0 Å². The number of halogens is 3. The Labute approximate surface area is 137 Å². The Morgan fingerprint density at radius 3 is 2.76 bits per heavy atom. The minimum absolute atomic E-state index is 0.101. The second kappa shape index (κ2) is 7.25. The molecule has 0 heterocycles. The van der Waals surface area contributed by atoms with Crippen LogP contribution in [0, 0.1) is 5.82 Å². The van der Waals surface area contributed by atoms with E-state index in [-0.39, 0.29) is 11.1 Å². The van der Waals surface area contributed by atoms with Crippen molar-refractivity contribution in [3.8, 4) is 5.75 Å². The summed E-state index contributed by atoms with van der Waals surface area (Å²) in [5, 5.41) is 3.34. The molecular weight excluding hydrogens is 357 g/mol. The van der Waals surface area contributed by atoms with Crippen molar-refractivity contribution in [3.05, 3.63) is 62.8 Å². The summed E-state index contributed by atoms with van der Waals surface area (Å²) in [6.07, 6.45) is 0.641. The zero-order valence-corrected chi connectivity index (χ0v) is 14.1. The van der Waals surface area contributed by atoms with Crippen molar-refractivity contribution in [1.29, 1.82) is 0 Å². The molecule has 2 aromatic carbocycles. The van der Waals surface area contributed by atoms with E-state index in [1.807, 2.05) is 31.3 Å². The average molecular weight is 373 g/mol. The van der Waals surface area contributed by atoms with Gasteiger partial charge in [0.15, 0.2) is 0 Å². The zero-order chi connectivity index (χ0) is 15.4. The van der Waals surface area contributed by atoms with Crippen LogP contribution in [0.2, 0.25) is 5.02 Å². The minimum Gasteiger partial charge on any atom is -0.496 e. The molecule has 0 aliphatic carbocycles. The van der Waals surface area contributed by atoms with Gasteiger partial charge in [-0.2, -0.15) is 0 Å². The van der Waals surface area contributed by atoms with Crippen LogP contribution in [0.25, 0.3) is 0 Å². The summed E-state index contributed by atoms with van der Waals surface area (Å²) in [5.41, 5.74) is 1.76. The maximum atomic E-state index is 13.6. The van der Waals surface area contributed by atoms with E-state index in [0.29, 0.717) is 6.42 Å². The lowest BCUT2D eigenvalue weighted by molar-refractivity contribution is 0.406. The second-order valence-electron chi connectivity index (χ2n) is 4.64. The summed E-state index contributed by atoms with van der Waals surface area (Å²) in [4.78, 5) is 0. The van der Waals surface area contributed by atoms with E-state index in [0.717, 1.165) is 21.3 Å². The van der Waals surface area contributed by atoms with Gasteiger partial charge in [-0.3, -0.25) is 0 Å². The van der Waals surface area contributed by atoms with Crippen molar-refractivity contribution in [2.75, 3.05) is 14.2 Å². The van der Waals surface area contributed by atoms with Gasteiger partial charge in [0.1, 0.15) is 11.6 Å². The first kappa shape index (κ1) is 16.3. The van der Waals surface area contributed by atoms with Gasteiger partial charge in [-0.1, -0.05) is 39.7 Å². The highest BCUT2D eigenvalue weighted by molar-refractivity contribution is 9.10. The molecule has 112 valence electrons. The van der Waals surface area contributed by atoms with E-state index in [1.54, 1.807) is 13.2 Å². The highest BCUT2D eigenvalue weighted by Gasteiger charge is 2.18. The number of ether oxygens (including phenoxy) is 1. The van der Waals surface area contributed by atoms with Crippen molar-refractivity contribution < 1.29 is 9.13 Å². The Kier molecular flexibility index (Phi) is 5.62. The number of rotatable bonds is 5. The lowest BCUT2D eigenvalue weighted by Crippen LogP contribution is -2.20. The van der Waals surface area contributed by atoms with E-state index < -0.39 is 5.82 Å². The summed E-state index contributed by atoms with van der Waals surface area (Å²) >= 11 is 9.54. The van der Waals surface area contributed by atoms with Crippen LogP contribution in [0.3, 0.4) is 0 Å².